The summed E-state index contributed by atoms with van der Waals surface area (Å²) in [7, 11) is 2.09. The van der Waals surface area contributed by atoms with Crippen LogP contribution < -0.4 is 11.1 Å². The van der Waals surface area contributed by atoms with Gasteiger partial charge < -0.3 is 16.0 Å². The largest absolute Gasteiger partial charge is 0.370 e. The fraction of sp³-hybridized carbons (Fsp3) is 0.833. The molecule has 1 heterocycles. The van der Waals surface area contributed by atoms with Crippen LogP contribution in [0.25, 0.3) is 0 Å². The van der Waals surface area contributed by atoms with Crippen LogP contribution in [0.3, 0.4) is 0 Å². The summed E-state index contributed by atoms with van der Waals surface area (Å²) < 4.78 is 0. The van der Waals surface area contributed by atoms with Crippen molar-refractivity contribution < 1.29 is 0 Å². The Balaban J connectivity index is 2.00. The van der Waals surface area contributed by atoms with E-state index >= 15 is 0 Å². The lowest BCUT2D eigenvalue weighted by Gasteiger charge is -2.36. The third-order valence-electron chi connectivity index (χ3n) is 1.72. The van der Waals surface area contributed by atoms with Crippen LogP contribution in [0.15, 0.2) is 0 Å². The number of hydrogen-bond donors (Lipinski definition) is 3. The number of rotatable bonds is 2. The Morgan fingerprint density at radius 1 is 1.80 bits per heavy atom. The molecule has 0 amide bonds. The van der Waals surface area contributed by atoms with Crippen molar-refractivity contribution >= 4 is 5.96 Å². The minimum absolute atomic E-state index is 0.0783. The highest BCUT2D eigenvalue weighted by molar-refractivity contribution is 5.74. The van der Waals surface area contributed by atoms with Crippen molar-refractivity contribution in [1.82, 2.24) is 10.2 Å². The lowest BCUT2D eigenvalue weighted by Crippen LogP contribution is -2.50. The van der Waals surface area contributed by atoms with Crippen molar-refractivity contribution in [2.45, 2.75) is 0 Å². The Morgan fingerprint density at radius 2 is 2.40 bits per heavy atom. The van der Waals surface area contributed by atoms with Gasteiger partial charge in [0, 0.05) is 25.6 Å². The molecule has 0 aromatic carbocycles. The quantitative estimate of drug-likeness (QED) is 0.343. The lowest BCUT2D eigenvalue weighted by atomic mass is 10.0. The van der Waals surface area contributed by atoms with Gasteiger partial charge in [-0.25, -0.2) is 0 Å². The van der Waals surface area contributed by atoms with Crippen molar-refractivity contribution in [3.8, 4) is 0 Å². The molecule has 0 radical (unpaired) electrons. The maximum Gasteiger partial charge on any atom is 0.185 e. The smallest absolute Gasteiger partial charge is 0.185 e. The van der Waals surface area contributed by atoms with Gasteiger partial charge in [0.1, 0.15) is 0 Å². The van der Waals surface area contributed by atoms with E-state index in [-0.39, 0.29) is 5.96 Å². The molecule has 0 aromatic rings. The molecular formula is C6H14N4. The van der Waals surface area contributed by atoms with E-state index in [1.807, 2.05) is 0 Å². The fourth-order valence-electron chi connectivity index (χ4n) is 1.21. The number of guanidine groups is 1. The van der Waals surface area contributed by atoms with Gasteiger partial charge in [-0.2, -0.15) is 0 Å². The van der Waals surface area contributed by atoms with Crippen LogP contribution in [0.2, 0.25) is 0 Å². The first kappa shape index (κ1) is 7.34. The summed E-state index contributed by atoms with van der Waals surface area (Å²) in [6, 6.07) is 0. The van der Waals surface area contributed by atoms with E-state index < -0.39 is 0 Å². The van der Waals surface area contributed by atoms with E-state index in [0.717, 1.165) is 19.6 Å². The van der Waals surface area contributed by atoms with E-state index in [2.05, 4.69) is 17.3 Å². The van der Waals surface area contributed by atoms with Crippen LogP contribution in [-0.4, -0.2) is 37.5 Å². The van der Waals surface area contributed by atoms with Crippen LogP contribution in [0.4, 0.5) is 0 Å². The van der Waals surface area contributed by atoms with Crippen LogP contribution in [0.1, 0.15) is 0 Å². The van der Waals surface area contributed by atoms with Crippen LogP contribution in [0, 0.1) is 11.3 Å². The van der Waals surface area contributed by atoms with Crippen LogP contribution in [-0.2, 0) is 0 Å². The van der Waals surface area contributed by atoms with Gasteiger partial charge in [-0.1, -0.05) is 0 Å². The van der Waals surface area contributed by atoms with Gasteiger partial charge in [0.05, 0.1) is 0 Å². The van der Waals surface area contributed by atoms with E-state index in [1.54, 1.807) is 0 Å². The normalized spacial score (nSPS) is 20.1. The van der Waals surface area contributed by atoms with E-state index in [4.69, 9.17) is 11.1 Å². The molecule has 1 rings (SSSR count). The minimum Gasteiger partial charge on any atom is -0.370 e. The topological polar surface area (TPSA) is 65.1 Å². The Labute approximate surface area is 60.9 Å². The molecule has 0 aromatic heterocycles. The highest BCUT2D eigenvalue weighted by atomic mass is 15.2. The highest BCUT2D eigenvalue weighted by Gasteiger charge is 2.22. The molecule has 0 saturated carbocycles. The molecule has 1 aliphatic heterocycles. The average molecular weight is 142 g/mol. The van der Waals surface area contributed by atoms with Crippen molar-refractivity contribution in [3.63, 3.8) is 0 Å². The molecule has 58 valence electrons. The zero-order valence-corrected chi connectivity index (χ0v) is 6.22. The maximum atomic E-state index is 6.89. The summed E-state index contributed by atoms with van der Waals surface area (Å²) >= 11 is 0. The number of likely N-dealkylation sites (tertiary alicyclic amines) is 1. The first-order chi connectivity index (χ1) is 4.68. The number of hydrogen-bond acceptors (Lipinski definition) is 2. The van der Waals surface area contributed by atoms with E-state index in [9.17, 15) is 0 Å². The summed E-state index contributed by atoms with van der Waals surface area (Å²) in [5, 5.41) is 9.69. The first-order valence-corrected chi connectivity index (χ1v) is 3.45. The maximum absolute atomic E-state index is 6.89. The molecule has 0 atom stereocenters. The number of nitrogens with one attached hydrogen (secondary N) is 2. The fourth-order valence-corrected chi connectivity index (χ4v) is 1.21. The van der Waals surface area contributed by atoms with E-state index in [1.165, 1.54) is 0 Å². The van der Waals surface area contributed by atoms with Gasteiger partial charge in [0.15, 0.2) is 5.96 Å². The first-order valence-electron chi connectivity index (χ1n) is 3.45. The Bertz CT molecular complexity index is 128. The zero-order valence-electron chi connectivity index (χ0n) is 6.22. The second-order valence-electron chi connectivity index (χ2n) is 2.88. The molecule has 4 heteroatoms. The van der Waals surface area contributed by atoms with Gasteiger partial charge in [0.2, 0.25) is 0 Å². The molecule has 4 nitrogen and oxygen atoms in total. The Morgan fingerprint density at radius 3 is 2.80 bits per heavy atom. The number of nitrogens with zero attached hydrogens (tertiary/aromatic N) is 1. The average Bonchev–Trinajstić information content (AvgIpc) is 1.77. The lowest BCUT2D eigenvalue weighted by molar-refractivity contribution is 0.137. The predicted molar refractivity (Wildman–Crippen MR) is 40.9 cm³/mol. The molecule has 4 N–H and O–H groups in total. The van der Waals surface area contributed by atoms with Crippen LogP contribution in [0.5, 0.6) is 0 Å². The van der Waals surface area contributed by atoms with Crippen molar-refractivity contribution in [3.05, 3.63) is 0 Å². The monoisotopic (exact) mass is 142 g/mol. The molecule has 0 unspecified atom stereocenters. The third-order valence-corrected chi connectivity index (χ3v) is 1.72. The molecule has 0 aliphatic carbocycles. The number of nitrogens with two attached hydrogens (primary N) is 1. The van der Waals surface area contributed by atoms with Gasteiger partial charge in [-0.05, 0) is 7.05 Å². The summed E-state index contributed by atoms with van der Waals surface area (Å²) in [6.07, 6.45) is 0. The zero-order chi connectivity index (χ0) is 7.56. The Hall–Kier alpha value is -0.770. The molecule has 1 aliphatic rings. The second kappa shape index (κ2) is 2.88. The van der Waals surface area contributed by atoms with Gasteiger partial charge in [-0.15, -0.1) is 0 Å². The van der Waals surface area contributed by atoms with Crippen molar-refractivity contribution in [2.24, 2.45) is 11.7 Å². The summed E-state index contributed by atoms with van der Waals surface area (Å²) in [6.45, 7) is 3.10. The highest BCUT2D eigenvalue weighted by Crippen LogP contribution is 2.10. The standard InChI is InChI=1S/C6H14N4/c1-10-3-5(4-10)2-9-6(7)8/h5H,2-4H2,1H3,(H4,7,8,9). The molecular weight excluding hydrogens is 128 g/mol. The third kappa shape index (κ3) is 1.88. The summed E-state index contributed by atoms with van der Waals surface area (Å²) in [5.74, 6) is 0.767. The van der Waals surface area contributed by atoms with Crippen molar-refractivity contribution in [2.75, 3.05) is 26.7 Å². The second-order valence-corrected chi connectivity index (χ2v) is 2.88. The molecule has 0 spiro atoms. The molecule has 0 bridgehead atoms. The van der Waals surface area contributed by atoms with Gasteiger partial charge in [-0.3, -0.25) is 5.41 Å². The minimum atomic E-state index is 0.0783. The molecule has 10 heavy (non-hydrogen) atoms. The summed E-state index contributed by atoms with van der Waals surface area (Å²) in [5.41, 5.74) is 5.11. The Kier molecular flexibility index (Phi) is 2.11. The van der Waals surface area contributed by atoms with Gasteiger partial charge in [0.25, 0.3) is 0 Å². The summed E-state index contributed by atoms with van der Waals surface area (Å²) in [4.78, 5) is 2.24. The SMILES string of the molecule is CN1CC(CNC(=N)N)C1. The van der Waals surface area contributed by atoms with Crippen molar-refractivity contribution in [1.29, 1.82) is 5.41 Å². The molecule has 1 fully saturated rings. The van der Waals surface area contributed by atoms with E-state index in [0.29, 0.717) is 5.92 Å². The molecule has 1 saturated heterocycles. The predicted octanol–water partition coefficient (Wildman–Crippen LogP) is -0.969. The van der Waals surface area contributed by atoms with Gasteiger partial charge >= 0.3 is 0 Å². The van der Waals surface area contributed by atoms with Crippen LogP contribution >= 0.6 is 0 Å².